The van der Waals surface area contributed by atoms with Gasteiger partial charge in [-0.1, -0.05) is 0 Å². The molecule has 3 rings (SSSR count). The summed E-state index contributed by atoms with van der Waals surface area (Å²) in [5, 5.41) is 18.8. The van der Waals surface area contributed by atoms with Gasteiger partial charge in [0.25, 0.3) is 0 Å². The number of urea groups is 1. The quantitative estimate of drug-likeness (QED) is 0.669. The molecule has 0 spiro atoms. The Hall–Kier alpha value is -3.09. The van der Waals surface area contributed by atoms with Crippen LogP contribution in [0.3, 0.4) is 0 Å². The molecule has 2 amide bonds. The molecule has 21 heavy (non-hydrogen) atoms. The standard InChI is InChI=1S/C14H13N5O2/c1-15-14(21)17-12-8-19-13(16-12)7-6-11(18-19)9-2-4-10(20)5-3-9/h2-8,20H,1H3,(H2,15,17,21). The number of hydrogen-bond donors (Lipinski definition) is 3. The Labute approximate surface area is 120 Å². The maximum Gasteiger partial charge on any atom is 0.320 e. The highest BCUT2D eigenvalue weighted by atomic mass is 16.3. The summed E-state index contributed by atoms with van der Waals surface area (Å²) in [7, 11) is 1.53. The summed E-state index contributed by atoms with van der Waals surface area (Å²) in [4.78, 5) is 15.5. The molecule has 0 saturated heterocycles. The number of anilines is 1. The summed E-state index contributed by atoms with van der Waals surface area (Å²) in [6.45, 7) is 0. The average molecular weight is 283 g/mol. The summed E-state index contributed by atoms with van der Waals surface area (Å²) in [6, 6.07) is 10.1. The van der Waals surface area contributed by atoms with Crippen molar-refractivity contribution >= 4 is 17.5 Å². The van der Waals surface area contributed by atoms with Crippen molar-refractivity contribution in [3.05, 3.63) is 42.6 Å². The maximum atomic E-state index is 11.3. The molecule has 3 aromatic rings. The number of phenolic OH excluding ortho intramolecular Hbond substituents is 1. The molecule has 2 heterocycles. The van der Waals surface area contributed by atoms with Crippen molar-refractivity contribution in [2.75, 3.05) is 12.4 Å². The molecule has 3 N–H and O–H groups in total. The predicted molar refractivity (Wildman–Crippen MR) is 78.2 cm³/mol. The normalized spacial score (nSPS) is 10.5. The number of phenols is 1. The molecular weight excluding hydrogens is 270 g/mol. The summed E-state index contributed by atoms with van der Waals surface area (Å²) in [5.74, 6) is 0.629. The van der Waals surface area contributed by atoms with Gasteiger partial charge in [0.15, 0.2) is 11.5 Å². The van der Waals surface area contributed by atoms with Crippen LogP contribution in [-0.4, -0.2) is 32.8 Å². The van der Waals surface area contributed by atoms with Crippen LogP contribution in [-0.2, 0) is 0 Å². The van der Waals surface area contributed by atoms with Crippen LogP contribution in [0.5, 0.6) is 5.75 Å². The predicted octanol–water partition coefficient (Wildman–Crippen LogP) is 1.85. The Morgan fingerprint density at radius 3 is 2.67 bits per heavy atom. The van der Waals surface area contributed by atoms with E-state index >= 15 is 0 Å². The van der Waals surface area contributed by atoms with Gasteiger partial charge in [-0.3, -0.25) is 5.32 Å². The van der Waals surface area contributed by atoms with Gasteiger partial charge in [0, 0.05) is 12.6 Å². The van der Waals surface area contributed by atoms with Crippen LogP contribution in [0.1, 0.15) is 0 Å². The molecule has 106 valence electrons. The Morgan fingerprint density at radius 1 is 1.19 bits per heavy atom. The first kappa shape index (κ1) is 12.9. The van der Waals surface area contributed by atoms with Crippen LogP contribution >= 0.6 is 0 Å². The Morgan fingerprint density at radius 2 is 1.95 bits per heavy atom. The lowest BCUT2D eigenvalue weighted by Gasteiger charge is -2.01. The van der Waals surface area contributed by atoms with Gasteiger partial charge in [-0.25, -0.2) is 14.3 Å². The van der Waals surface area contributed by atoms with Crippen molar-refractivity contribution in [2.45, 2.75) is 0 Å². The van der Waals surface area contributed by atoms with E-state index in [0.717, 1.165) is 11.3 Å². The van der Waals surface area contributed by atoms with Crippen LogP contribution in [0.2, 0.25) is 0 Å². The first-order chi connectivity index (χ1) is 10.2. The van der Waals surface area contributed by atoms with E-state index in [2.05, 4.69) is 20.7 Å². The topological polar surface area (TPSA) is 91.6 Å². The van der Waals surface area contributed by atoms with Gasteiger partial charge in [0.05, 0.1) is 11.9 Å². The van der Waals surface area contributed by atoms with Crippen LogP contribution in [0.4, 0.5) is 10.6 Å². The highest BCUT2D eigenvalue weighted by molar-refractivity contribution is 5.88. The van der Waals surface area contributed by atoms with Crippen LogP contribution in [0, 0.1) is 0 Å². The van der Waals surface area contributed by atoms with E-state index in [4.69, 9.17) is 0 Å². The lowest BCUT2D eigenvalue weighted by Crippen LogP contribution is -2.24. The molecule has 0 atom stereocenters. The number of hydrogen-bond acceptors (Lipinski definition) is 4. The number of rotatable bonds is 2. The Kier molecular flexibility index (Phi) is 3.15. The van der Waals surface area contributed by atoms with Gasteiger partial charge >= 0.3 is 6.03 Å². The maximum absolute atomic E-state index is 11.3. The fraction of sp³-hybridized carbons (Fsp3) is 0.0714. The number of fused-ring (bicyclic) bond motifs is 1. The van der Waals surface area contributed by atoms with E-state index in [1.54, 1.807) is 35.0 Å². The summed E-state index contributed by atoms with van der Waals surface area (Å²) < 4.78 is 1.59. The second kappa shape index (κ2) is 5.12. The Balaban J connectivity index is 1.96. The molecule has 0 aliphatic heterocycles. The smallest absolute Gasteiger partial charge is 0.320 e. The molecule has 7 nitrogen and oxygen atoms in total. The minimum Gasteiger partial charge on any atom is -0.508 e. The van der Waals surface area contributed by atoms with Crippen molar-refractivity contribution < 1.29 is 9.90 Å². The van der Waals surface area contributed by atoms with E-state index in [-0.39, 0.29) is 11.8 Å². The van der Waals surface area contributed by atoms with Crippen LogP contribution < -0.4 is 10.6 Å². The number of amides is 2. The zero-order valence-electron chi connectivity index (χ0n) is 11.2. The molecule has 0 saturated carbocycles. The largest absolute Gasteiger partial charge is 0.508 e. The fourth-order valence-corrected chi connectivity index (χ4v) is 1.91. The molecule has 1 aromatic carbocycles. The molecule has 0 aliphatic carbocycles. The molecule has 0 radical (unpaired) electrons. The number of carbonyl (C=O) groups excluding carboxylic acids is 1. The van der Waals surface area contributed by atoms with Gasteiger partial charge < -0.3 is 10.4 Å². The van der Waals surface area contributed by atoms with Gasteiger partial charge in [-0.15, -0.1) is 0 Å². The van der Waals surface area contributed by atoms with E-state index in [0.29, 0.717) is 11.5 Å². The van der Waals surface area contributed by atoms with Crippen LogP contribution in [0.15, 0.2) is 42.6 Å². The molecular formula is C14H13N5O2. The van der Waals surface area contributed by atoms with E-state index in [9.17, 15) is 9.90 Å². The highest BCUT2D eigenvalue weighted by Gasteiger charge is 2.07. The number of benzene rings is 1. The van der Waals surface area contributed by atoms with Gasteiger partial charge in [0.2, 0.25) is 0 Å². The van der Waals surface area contributed by atoms with Crippen molar-refractivity contribution in [3.8, 4) is 17.0 Å². The van der Waals surface area contributed by atoms with Gasteiger partial charge in [-0.2, -0.15) is 5.10 Å². The van der Waals surface area contributed by atoms with Crippen molar-refractivity contribution in [1.29, 1.82) is 0 Å². The minimum atomic E-state index is -0.336. The number of aromatic nitrogens is 3. The van der Waals surface area contributed by atoms with E-state index < -0.39 is 0 Å². The van der Waals surface area contributed by atoms with Gasteiger partial charge in [0.1, 0.15) is 5.75 Å². The first-order valence-corrected chi connectivity index (χ1v) is 6.30. The zero-order chi connectivity index (χ0) is 14.8. The number of aromatic hydroxyl groups is 1. The lowest BCUT2D eigenvalue weighted by atomic mass is 10.1. The molecule has 0 aliphatic rings. The third kappa shape index (κ3) is 2.62. The lowest BCUT2D eigenvalue weighted by molar-refractivity contribution is 0.254. The monoisotopic (exact) mass is 283 g/mol. The Bertz CT molecular complexity index is 795. The fourth-order valence-electron chi connectivity index (χ4n) is 1.91. The third-order valence-electron chi connectivity index (χ3n) is 2.95. The van der Waals surface area contributed by atoms with Crippen molar-refractivity contribution in [2.24, 2.45) is 0 Å². The minimum absolute atomic E-state index is 0.208. The molecule has 0 fully saturated rings. The van der Waals surface area contributed by atoms with Crippen molar-refractivity contribution in [3.63, 3.8) is 0 Å². The van der Waals surface area contributed by atoms with Crippen molar-refractivity contribution in [1.82, 2.24) is 19.9 Å². The zero-order valence-corrected chi connectivity index (χ0v) is 11.2. The summed E-state index contributed by atoms with van der Waals surface area (Å²) in [5.41, 5.74) is 2.25. The second-order valence-electron chi connectivity index (χ2n) is 4.40. The highest BCUT2D eigenvalue weighted by Crippen LogP contribution is 2.20. The molecule has 7 heteroatoms. The third-order valence-corrected chi connectivity index (χ3v) is 2.95. The van der Waals surface area contributed by atoms with E-state index in [1.807, 2.05) is 12.1 Å². The average Bonchev–Trinajstić information content (AvgIpc) is 2.89. The molecule has 0 bridgehead atoms. The number of nitrogens with one attached hydrogen (secondary N) is 2. The summed E-state index contributed by atoms with van der Waals surface area (Å²) >= 11 is 0. The number of carbonyl (C=O) groups is 1. The second-order valence-corrected chi connectivity index (χ2v) is 4.40. The number of nitrogens with zero attached hydrogens (tertiary/aromatic N) is 3. The molecule has 2 aromatic heterocycles. The van der Waals surface area contributed by atoms with Crippen LogP contribution in [0.25, 0.3) is 16.9 Å². The molecule has 0 unspecified atom stereocenters. The SMILES string of the molecule is CNC(=O)Nc1cn2nc(-c3ccc(O)cc3)ccc2n1. The number of imidazole rings is 1. The van der Waals surface area contributed by atoms with E-state index in [1.165, 1.54) is 7.05 Å². The van der Waals surface area contributed by atoms with Gasteiger partial charge in [-0.05, 0) is 36.4 Å². The summed E-state index contributed by atoms with van der Waals surface area (Å²) in [6.07, 6.45) is 1.63. The first-order valence-electron chi connectivity index (χ1n) is 6.30.